The van der Waals surface area contributed by atoms with Crippen molar-refractivity contribution in [1.29, 1.82) is 0 Å². The molecule has 0 spiro atoms. The van der Waals surface area contributed by atoms with Gasteiger partial charge in [0.05, 0.1) is 0 Å². The first-order chi connectivity index (χ1) is 8.69. The summed E-state index contributed by atoms with van der Waals surface area (Å²) in [7, 11) is 0. The predicted molar refractivity (Wildman–Crippen MR) is 74.1 cm³/mol. The standard InChI is InChI=1S/C15H28N2O/c1-11-2-8-14(9-3-11)17-15(18)13-6-4-12(10-16)5-7-13/h11-14H,2-10,16H2,1H3,(H,17,18). The lowest BCUT2D eigenvalue weighted by Crippen LogP contribution is -2.42. The second-order valence-corrected chi connectivity index (χ2v) is 6.42. The molecule has 0 atom stereocenters. The van der Waals surface area contributed by atoms with Crippen LogP contribution in [0.25, 0.3) is 0 Å². The number of rotatable bonds is 3. The van der Waals surface area contributed by atoms with Crippen LogP contribution >= 0.6 is 0 Å². The van der Waals surface area contributed by atoms with Crippen molar-refractivity contribution >= 4 is 5.91 Å². The SMILES string of the molecule is CC1CCC(NC(=O)C2CCC(CN)CC2)CC1. The molecular weight excluding hydrogens is 224 g/mol. The molecule has 2 aliphatic carbocycles. The molecule has 0 bridgehead atoms. The Morgan fingerprint density at radius 1 is 1.06 bits per heavy atom. The molecule has 0 radical (unpaired) electrons. The zero-order chi connectivity index (χ0) is 13.0. The summed E-state index contributed by atoms with van der Waals surface area (Å²) in [6, 6.07) is 0.445. The Hall–Kier alpha value is -0.570. The van der Waals surface area contributed by atoms with Crippen molar-refractivity contribution in [2.24, 2.45) is 23.5 Å². The second kappa shape index (κ2) is 6.55. The molecule has 0 saturated heterocycles. The van der Waals surface area contributed by atoms with Gasteiger partial charge in [-0.05, 0) is 69.7 Å². The van der Waals surface area contributed by atoms with E-state index in [2.05, 4.69) is 12.2 Å². The van der Waals surface area contributed by atoms with Crippen LogP contribution in [0.5, 0.6) is 0 Å². The van der Waals surface area contributed by atoms with Gasteiger partial charge in [-0.1, -0.05) is 6.92 Å². The van der Waals surface area contributed by atoms with Crippen molar-refractivity contribution in [3.63, 3.8) is 0 Å². The van der Waals surface area contributed by atoms with Gasteiger partial charge in [-0.2, -0.15) is 0 Å². The third kappa shape index (κ3) is 3.71. The monoisotopic (exact) mass is 252 g/mol. The van der Waals surface area contributed by atoms with Gasteiger partial charge >= 0.3 is 0 Å². The summed E-state index contributed by atoms with van der Waals surface area (Å²) in [5.41, 5.74) is 5.69. The zero-order valence-electron chi connectivity index (χ0n) is 11.7. The van der Waals surface area contributed by atoms with Gasteiger partial charge in [0, 0.05) is 12.0 Å². The van der Waals surface area contributed by atoms with Crippen molar-refractivity contribution in [1.82, 2.24) is 5.32 Å². The Kier molecular flexibility index (Phi) is 5.04. The highest BCUT2D eigenvalue weighted by Crippen LogP contribution is 2.29. The summed E-state index contributed by atoms with van der Waals surface area (Å²) in [6.07, 6.45) is 9.23. The lowest BCUT2D eigenvalue weighted by atomic mass is 9.81. The molecule has 18 heavy (non-hydrogen) atoms. The number of nitrogens with one attached hydrogen (secondary N) is 1. The fraction of sp³-hybridized carbons (Fsp3) is 0.933. The average molecular weight is 252 g/mol. The minimum atomic E-state index is 0.257. The Morgan fingerprint density at radius 2 is 1.67 bits per heavy atom. The van der Waals surface area contributed by atoms with E-state index in [9.17, 15) is 4.79 Å². The maximum Gasteiger partial charge on any atom is 0.223 e. The maximum atomic E-state index is 12.2. The Morgan fingerprint density at radius 3 is 2.22 bits per heavy atom. The molecule has 2 rings (SSSR count). The van der Waals surface area contributed by atoms with Crippen LogP contribution in [0.4, 0.5) is 0 Å². The summed E-state index contributed by atoms with van der Waals surface area (Å²) in [5, 5.41) is 3.27. The highest BCUT2D eigenvalue weighted by molar-refractivity contribution is 5.79. The summed E-state index contributed by atoms with van der Waals surface area (Å²) < 4.78 is 0. The highest BCUT2D eigenvalue weighted by atomic mass is 16.1. The third-order valence-corrected chi connectivity index (χ3v) is 4.91. The molecule has 3 nitrogen and oxygen atoms in total. The largest absolute Gasteiger partial charge is 0.353 e. The van der Waals surface area contributed by atoms with Gasteiger partial charge in [-0.15, -0.1) is 0 Å². The molecule has 3 N–H and O–H groups in total. The van der Waals surface area contributed by atoms with Crippen LogP contribution in [-0.2, 0) is 4.79 Å². The molecule has 2 fully saturated rings. The van der Waals surface area contributed by atoms with Crippen LogP contribution in [0.3, 0.4) is 0 Å². The van der Waals surface area contributed by atoms with E-state index < -0.39 is 0 Å². The van der Waals surface area contributed by atoms with Crippen molar-refractivity contribution in [3.8, 4) is 0 Å². The quantitative estimate of drug-likeness (QED) is 0.810. The summed E-state index contributed by atoms with van der Waals surface area (Å²) >= 11 is 0. The second-order valence-electron chi connectivity index (χ2n) is 6.42. The first kappa shape index (κ1) is 13.9. The molecule has 3 heteroatoms. The smallest absolute Gasteiger partial charge is 0.223 e. The molecule has 104 valence electrons. The fourth-order valence-electron chi connectivity index (χ4n) is 3.38. The summed E-state index contributed by atoms with van der Waals surface area (Å²) in [6.45, 7) is 3.10. The highest BCUT2D eigenvalue weighted by Gasteiger charge is 2.27. The van der Waals surface area contributed by atoms with Crippen LogP contribution in [0.2, 0.25) is 0 Å². The molecule has 0 unspecified atom stereocenters. The number of carbonyl (C=O) groups is 1. The van der Waals surface area contributed by atoms with Gasteiger partial charge in [0.2, 0.25) is 5.91 Å². The molecule has 0 aromatic rings. The average Bonchev–Trinajstić information content (AvgIpc) is 2.41. The van der Waals surface area contributed by atoms with Crippen molar-refractivity contribution in [2.45, 2.75) is 64.3 Å². The number of carbonyl (C=O) groups excluding carboxylic acids is 1. The van der Waals surface area contributed by atoms with E-state index in [-0.39, 0.29) is 5.92 Å². The van der Waals surface area contributed by atoms with Gasteiger partial charge < -0.3 is 11.1 Å². The molecule has 0 aromatic carbocycles. The third-order valence-electron chi connectivity index (χ3n) is 4.91. The van der Waals surface area contributed by atoms with Crippen LogP contribution < -0.4 is 11.1 Å². The summed E-state index contributed by atoms with van der Waals surface area (Å²) in [5.74, 6) is 2.07. The first-order valence-electron chi connectivity index (χ1n) is 7.69. The van der Waals surface area contributed by atoms with Gasteiger partial charge in [-0.25, -0.2) is 0 Å². The van der Waals surface area contributed by atoms with Crippen LogP contribution in [0.15, 0.2) is 0 Å². The fourth-order valence-corrected chi connectivity index (χ4v) is 3.38. The van der Waals surface area contributed by atoms with Crippen molar-refractivity contribution in [2.75, 3.05) is 6.54 Å². The number of amides is 1. The molecule has 0 aromatic heterocycles. The topological polar surface area (TPSA) is 55.1 Å². The first-order valence-corrected chi connectivity index (χ1v) is 7.69. The van der Waals surface area contributed by atoms with Crippen molar-refractivity contribution in [3.05, 3.63) is 0 Å². The number of nitrogens with two attached hydrogens (primary N) is 1. The lowest BCUT2D eigenvalue weighted by Gasteiger charge is -2.31. The van der Waals surface area contributed by atoms with E-state index in [1.807, 2.05) is 0 Å². The van der Waals surface area contributed by atoms with E-state index in [4.69, 9.17) is 5.73 Å². The van der Waals surface area contributed by atoms with Crippen molar-refractivity contribution < 1.29 is 4.79 Å². The summed E-state index contributed by atoms with van der Waals surface area (Å²) in [4.78, 5) is 12.2. The minimum Gasteiger partial charge on any atom is -0.353 e. The normalized spacial score (nSPS) is 37.2. The van der Waals surface area contributed by atoms with E-state index in [1.165, 1.54) is 25.7 Å². The van der Waals surface area contributed by atoms with E-state index >= 15 is 0 Å². The van der Waals surface area contributed by atoms with Gasteiger partial charge in [0.1, 0.15) is 0 Å². The van der Waals surface area contributed by atoms with Gasteiger partial charge in [0.25, 0.3) is 0 Å². The minimum absolute atomic E-state index is 0.257. The maximum absolute atomic E-state index is 12.2. The predicted octanol–water partition coefficient (Wildman–Crippen LogP) is 2.45. The Balaban J connectivity index is 1.72. The van der Waals surface area contributed by atoms with E-state index in [1.54, 1.807) is 0 Å². The van der Waals surface area contributed by atoms with Crippen LogP contribution in [0, 0.1) is 17.8 Å². The Labute approximate surface area is 111 Å². The number of hydrogen-bond donors (Lipinski definition) is 2. The van der Waals surface area contributed by atoms with Crippen LogP contribution in [-0.4, -0.2) is 18.5 Å². The van der Waals surface area contributed by atoms with Gasteiger partial charge in [-0.3, -0.25) is 4.79 Å². The lowest BCUT2D eigenvalue weighted by molar-refractivity contribution is -0.127. The molecule has 1 amide bonds. The number of hydrogen-bond acceptors (Lipinski definition) is 2. The van der Waals surface area contributed by atoms with E-state index in [0.29, 0.717) is 17.9 Å². The molecule has 2 saturated carbocycles. The molecule has 2 aliphatic rings. The zero-order valence-corrected chi connectivity index (χ0v) is 11.7. The van der Waals surface area contributed by atoms with E-state index in [0.717, 1.165) is 38.1 Å². The molecule has 0 aliphatic heterocycles. The molecule has 0 heterocycles. The van der Waals surface area contributed by atoms with Crippen LogP contribution in [0.1, 0.15) is 58.3 Å². The Bertz CT molecular complexity index is 264. The molecular formula is C15H28N2O. The van der Waals surface area contributed by atoms with Gasteiger partial charge in [0.15, 0.2) is 0 Å².